The Labute approximate surface area is 158 Å². The molecule has 6 nitrogen and oxygen atoms in total. The van der Waals surface area contributed by atoms with Crippen LogP contribution in [0.5, 0.6) is 5.75 Å². The molecule has 3 heterocycles. The molecule has 9 heteroatoms. The van der Waals surface area contributed by atoms with Gasteiger partial charge in [-0.15, -0.1) is 0 Å². The van der Waals surface area contributed by atoms with Gasteiger partial charge in [0.2, 0.25) is 0 Å². The van der Waals surface area contributed by atoms with Crippen molar-refractivity contribution in [3.8, 4) is 17.0 Å². The van der Waals surface area contributed by atoms with Crippen molar-refractivity contribution in [2.75, 3.05) is 12.0 Å². The van der Waals surface area contributed by atoms with Gasteiger partial charge in [-0.3, -0.25) is 19.4 Å². The first kappa shape index (κ1) is 18.0. The zero-order chi connectivity index (χ0) is 19.9. The van der Waals surface area contributed by atoms with Crippen LogP contribution in [0.3, 0.4) is 0 Å². The van der Waals surface area contributed by atoms with Crippen molar-refractivity contribution >= 4 is 11.7 Å². The predicted molar refractivity (Wildman–Crippen MR) is 95.0 cm³/mol. The van der Waals surface area contributed by atoms with Crippen molar-refractivity contribution < 1.29 is 22.7 Å². The normalized spacial score (nSPS) is 13.7. The third kappa shape index (κ3) is 3.19. The number of benzene rings is 1. The largest absolute Gasteiger partial charge is 0.496 e. The maximum absolute atomic E-state index is 12.8. The van der Waals surface area contributed by atoms with Crippen molar-refractivity contribution in [1.82, 2.24) is 14.8 Å². The summed E-state index contributed by atoms with van der Waals surface area (Å²) in [4.78, 5) is 18.6. The second-order valence-corrected chi connectivity index (χ2v) is 6.26. The highest BCUT2D eigenvalue weighted by Crippen LogP contribution is 2.36. The van der Waals surface area contributed by atoms with Gasteiger partial charge in [0.15, 0.2) is 5.82 Å². The maximum Gasteiger partial charge on any atom is 0.408 e. The van der Waals surface area contributed by atoms with Crippen molar-refractivity contribution in [2.24, 2.45) is 0 Å². The highest BCUT2D eigenvalue weighted by atomic mass is 19.4. The molecule has 0 saturated carbocycles. The van der Waals surface area contributed by atoms with Gasteiger partial charge in [0, 0.05) is 35.2 Å². The second kappa shape index (κ2) is 6.66. The Hall–Kier alpha value is -3.36. The summed E-state index contributed by atoms with van der Waals surface area (Å²) in [6.07, 6.45) is -1.65. The number of para-hydroxylation sites is 1. The Morgan fingerprint density at radius 2 is 1.93 bits per heavy atom. The van der Waals surface area contributed by atoms with Crippen LogP contribution >= 0.6 is 0 Å². The van der Waals surface area contributed by atoms with Gasteiger partial charge in [0.05, 0.1) is 19.3 Å². The number of fused-ring (bicyclic) bond motifs is 1. The lowest BCUT2D eigenvalue weighted by Gasteiger charge is -2.13. The third-order valence-corrected chi connectivity index (χ3v) is 4.45. The number of hydrogen-bond acceptors (Lipinski definition) is 4. The minimum atomic E-state index is -4.39. The fourth-order valence-electron chi connectivity index (χ4n) is 3.25. The number of anilines is 1. The Morgan fingerprint density at radius 3 is 2.68 bits per heavy atom. The Bertz CT molecular complexity index is 1050. The van der Waals surface area contributed by atoms with Crippen molar-refractivity contribution in [3.63, 3.8) is 0 Å². The molecule has 0 aliphatic carbocycles. The summed E-state index contributed by atoms with van der Waals surface area (Å²) < 4.78 is 43.9. The molecule has 1 aliphatic heterocycles. The van der Waals surface area contributed by atoms with Gasteiger partial charge < -0.3 is 4.74 Å². The number of halogens is 3. The molecular weight excluding hydrogens is 373 g/mol. The van der Waals surface area contributed by atoms with Crippen molar-refractivity contribution in [3.05, 3.63) is 59.9 Å². The standard InChI is InChI=1S/C19H15F3N4O2/c1-28-15-5-3-2-4-13(15)17-14-10-26(18(27)12(14)6-8-23-17)16-7-9-25(24-16)11-19(20,21)22/h2-9H,10-11H2,1H3. The lowest BCUT2D eigenvalue weighted by atomic mass is 10.0. The molecule has 2 aromatic heterocycles. The summed E-state index contributed by atoms with van der Waals surface area (Å²) in [5.74, 6) is 0.450. The number of rotatable bonds is 4. The van der Waals surface area contributed by atoms with E-state index in [0.29, 0.717) is 22.6 Å². The number of nitrogens with zero attached hydrogens (tertiary/aromatic N) is 4. The molecule has 28 heavy (non-hydrogen) atoms. The molecule has 1 aliphatic rings. The van der Waals surface area contributed by atoms with Gasteiger partial charge in [-0.1, -0.05) is 12.1 Å². The van der Waals surface area contributed by atoms with Gasteiger partial charge in [0.1, 0.15) is 12.3 Å². The predicted octanol–water partition coefficient (Wildman–Crippen LogP) is 3.68. The Balaban J connectivity index is 1.70. The van der Waals surface area contributed by atoms with Crippen LogP contribution in [0.4, 0.5) is 19.0 Å². The quantitative estimate of drug-likeness (QED) is 0.684. The SMILES string of the molecule is COc1ccccc1-c1nccc2c1CN(c1ccn(CC(F)(F)F)n1)C2=O. The fraction of sp³-hybridized carbons (Fsp3) is 0.211. The number of pyridine rings is 1. The van der Waals surface area contributed by atoms with Crippen LogP contribution in [0.25, 0.3) is 11.3 Å². The molecule has 1 amide bonds. The molecule has 0 N–H and O–H groups in total. The van der Waals surface area contributed by atoms with Gasteiger partial charge in [-0.2, -0.15) is 18.3 Å². The minimum absolute atomic E-state index is 0.163. The first-order valence-electron chi connectivity index (χ1n) is 8.41. The van der Waals surface area contributed by atoms with Crippen molar-refractivity contribution in [2.45, 2.75) is 19.3 Å². The molecule has 3 aromatic rings. The van der Waals surface area contributed by atoms with E-state index in [1.54, 1.807) is 19.2 Å². The Morgan fingerprint density at radius 1 is 1.14 bits per heavy atom. The lowest BCUT2D eigenvalue weighted by Crippen LogP contribution is -2.24. The topological polar surface area (TPSA) is 60.2 Å². The highest BCUT2D eigenvalue weighted by Gasteiger charge is 2.34. The van der Waals surface area contributed by atoms with E-state index in [1.165, 1.54) is 23.4 Å². The van der Waals surface area contributed by atoms with Gasteiger partial charge in [-0.05, 0) is 18.2 Å². The van der Waals surface area contributed by atoms with Crippen LogP contribution in [0.1, 0.15) is 15.9 Å². The van der Waals surface area contributed by atoms with Gasteiger partial charge in [-0.25, -0.2) is 0 Å². The van der Waals surface area contributed by atoms with Crippen molar-refractivity contribution in [1.29, 1.82) is 0 Å². The molecule has 0 unspecified atom stereocenters. The molecule has 0 saturated heterocycles. The molecule has 0 fully saturated rings. The molecule has 1 aromatic carbocycles. The van der Waals surface area contributed by atoms with Gasteiger partial charge >= 0.3 is 6.18 Å². The maximum atomic E-state index is 12.8. The van der Waals surface area contributed by atoms with E-state index < -0.39 is 12.7 Å². The average molecular weight is 388 g/mol. The molecule has 0 atom stereocenters. The van der Waals surface area contributed by atoms with Crippen LogP contribution in [-0.2, 0) is 13.1 Å². The summed E-state index contributed by atoms with van der Waals surface area (Å²) in [5, 5.41) is 3.90. The summed E-state index contributed by atoms with van der Waals surface area (Å²) in [5.41, 5.74) is 2.46. The minimum Gasteiger partial charge on any atom is -0.496 e. The van der Waals surface area contributed by atoms with Gasteiger partial charge in [0.25, 0.3) is 5.91 Å². The fourth-order valence-corrected chi connectivity index (χ4v) is 3.25. The van der Waals surface area contributed by atoms with Crippen LogP contribution in [-0.4, -0.2) is 34.0 Å². The molecule has 0 radical (unpaired) electrons. The molecule has 0 bridgehead atoms. The molecule has 0 spiro atoms. The molecular formula is C19H15F3N4O2. The number of carbonyl (C=O) groups excluding carboxylic acids is 1. The monoisotopic (exact) mass is 388 g/mol. The first-order chi connectivity index (χ1) is 13.4. The summed E-state index contributed by atoms with van der Waals surface area (Å²) in [6.45, 7) is -1.05. The van der Waals surface area contributed by atoms with E-state index in [9.17, 15) is 18.0 Å². The second-order valence-electron chi connectivity index (χ2n) is 6.26. The van der Waals surface area contributed by atoms with Crippen LogP contribution in [0.15, 0.2) is 48.8 Å². The summed E-state index contributed by atoms with van der Waals surface area (Å²) >= 11 is 0. The average Bonchev–Trinajstić information content (AvgIpc) is 3.24. The lowest BCUT2D eigenvalue weighted by molar-refractivity contribution is -0.142. The zero-order valence-electron chi connectivity index (χ0n) is 14.8. The van der Waals surface area contributed by atoms with E-state index in [4.69, 9.17) is 4.74 Å². The number of amides is 1. The summed E-state index contributed by atoms with van der Waals surface area (Å²) in [7, 11) is 1.55. The first-order valence-corrected chi connectivity index (χ1v) is 8.41. The highest BCUT2D eigenvalue weighted by molar-refractivity contribution is 6.10. The van der Waals surface area contributed by atoms with Crippen LogP contribution in [0.2, 0.25) is 0 Å². The third-order valence-electron chi connectivity index (χ3n) is 4.45. The number of aromatic nitrogens is 3. The van der Waals surface area contributed by atoms with E-state index >= 15 is 0 Å². The number of alkyl halides is 3. The van der Waals surface area contributed by atoms with E-state index in [-0.39, 0.29) is 18.3 Å². The Kier molecular flexibility index (Phi) is 4.29. The molecule has 4 rings (SSSR count). The van der Waals surface area contributed by atoms with E-state index in [2.05, 4.69) is 10.1 Å². The molecule has 144 valence electrons. The number of carbonyl (C=O) groups is 1. The number of methoxy groups -OCH3 is 1. The van der Waals surface area contributed by atoms with E-state index in [0.717, 1.165) is 10.2 Å². The van der Waals surface area contributed by atoms with E-state index in [1.807, 2.05) is 18.2 Å². The number of ether oxygens (including phenoxy) is 1. The van der Waals surface area contributed by atoms with Crippen LogP contribution in [0, 0.1) is 0 Å². The zero-order valence-corrected chi connectivity index (χ0v) is 14.8. The summed E-state index contributed by atoms with van der Waals surface area (Å²) in [6, 6.07) is 10.3. The van der Waals surface area contributed by atoms with Crippen LogP contribution < -0.4 is 9.64 Å². The smallest absolute Gasteiger partial charge is 0.408 e. The number of hydrogen-bond donors (Lipinski definition) is 0.